The normalized spacial score (nSPS) is 11.4. The maximum absolute atomic E-state index is 12.4. The number of nitrogens with one attached hydrogen (secondary N) is 1. The van der Waals surface area contributed by atoms with Crippen LogP contribution in [0.5, 0.6) is 5.75 Å². The van der Waals surface area contributed by atoms with Crippen LogP contribution in [-0.4, -0.2) is 17.3 Å². The summed E-state index contributed by atoms with van der Waals surface area (Å²) in [7, 11) is 0. The fraction of sp³-hybridized carbons (Fsp3) is 0.0588. The molecule has 1 N–H and O–H groups in total. The molecule has 8 heteroatoms. The molecule has 0 spiro atoms. The lowest BCUT2D eigenvalue weighted by Gasteiger charge is -2.10. The molecule has 1 heterocycles. The monoisotopic (exact) mass is 410 g/mol. The first-order valence-electron chi connectivity index (χ1n) is 7.03. The summed E-state index contributed by atoms with van der Waals surface area (Å²) >= 11 is 3.36. The van der Waals surface area contributed by atoms with Crippen molar-refractivity contribution in [3.63, 3.8) is 0 Å². The molecule has 4 nitrogen and oxygen atoms in total. The molecule has 0 fully saturated rings. The van der Waals surface area contributed by atoms with Gasteiger partial charge in [0.1, 0.15) is 11.4 Å². The van der Waals surface area contributed by atoms with E-state index in [9.17, 15) is 18.0 Å². The maximum Gasteiger partial charge on any atom is 0.573 e. The molecule has 1 aromatic heterocycles. The molecule has 0 unspecified atom stereocenters. The van der Waals surface area contributed by atoms with E-state index < -0.39 is 12.3 Å². The third-order valence-corrected chi connectivity index (χ3v) is 3.78. The van der Waals surface area contributed by atoms with Crippen LogP contribution in [0, 0.1) is 0 Å². The quantitative estimate of drug-likeness (QED) is 0.649. The number of fused-ring (bicyclic) bond motifs is 1. The molecule has 1 amide bonds. The number of anilines is 1. The largest absolute Gasteiger partial charge is 0.573 e. The topological polar surface area (TPSA) is 51.2 Å². The summed E-state index contributed by atoms with van der Waals surface area (Å²) in [6, 6.07) is 12.1. The summed E-state index contributed by atoms with van der Waals surface area (Å²) in [6.07, 6.45) is -3.24. The van der Waals surface area contributed by atoms with Crippen LogP contribution in [0.4, 0.5) is 18.9 Å². The fourth-order valence-corrected chi connectivity index (χ4v) is 2.64. The Labute approximate surface area is 148 Å². The molecule has 0 aliphatic heterocycles. The second kappa shape index (κ2) is 6.72. The average molecular weight is 411 g/mol. The molecule has 3 aromatic rings. The fourth-order valence-electron chi connectivity index (χ4n) is 2.26. The maximum atomic E-state index is 12.4. The average Bonchev–Trinajstić information content (AvgIpc) is 2.54. The lowest BCUT2D eigenvalue weighted by atomic mass is 10.1. The van der Waals surface area contributed by atoms with Gasteiger partial charge in [0.15, 0.2) is 0 Å². The summed E-state index contributed by atoms with van der Waals surface area (Å²) in [5.74, 6) is -0.823. The minimum Gasteiger partial charge on any atom is -0.406 e. The minimum atomic E-state index is -4.76. The minimum absolute atomic E-state index is 0.223. The van der Waals surface area contributed by atoms with E-state index in [4.69, 9.17) is 0 Å². The molecule has 0 saturated carbocycles. The van der Waals surface area contributed by atoms with E-state index >= 15 is 0 Å². The van der Waals surface area contributed by atoms with Gasteiger partial charge in [0, 0.05) is 21.7 Å². The zero-order valence-electron chi connectivity index (χ0n) is 12.5. The van der Waals surface area contributed by atoms with E-state index in [1.54, 1.807) is 18.2 Å². The number of hydrogen-bond acceptors (Lipinski definition) is 3. The van der Waals surface area contributed by atoms with Crippen molar-refractivity contribution >= 4 is 38.3 Å². The Balaban J connectivity index is 1.81. The molecule has 25 heavy (non-hydrogen) atoms. The van der Waals surface area contributed by atoms with E-state index in [-0.39, 0.29) is 11.4 Å². The smallest absolute Gasteiger partial charge is 0.406 e. The molecule has 0 bridgehead atoms. The molecule has 0 saturated heterocycles. The third kappa shape index (κ3) is 4.27. The number of aromatic nitrogens is 1. The first-order valence-corrected chi connectivity index (χ1v) is 7.82. The predicted molar refractivity (Wildman–Crippen MR) is 90.5 cm³/mol. The molecule has 3 rings (SSSR count). The van der Waals surface area contributed by atoms with Crippen molar-refractivity contribution in [2.75, 3.05) is 5.32 Å². The molecule has 0 radical (unpaired) electrons. The van der Waals surface area contributed by atoms with Gasteiger partial charge >= 0.3 is 6.36 Å². The number of halogens is 4. The van der Waals surface area contributed by atoms with E-state index in [1.807, 2.05) is 6.07 Å². The van der Waals surface area contributed by atoms with Crippen LogP contribution in [-0.2, 0) is 0 Å². The van der Waals surface area contributed by atoms with Crippen LogP contribution in [0.3, 0.4) is 0 Å². The van der Waals surface area contributed by atoms with Crippen LogP contribution >= 0.6 is 15.9 Å². The summed E-state index contributed by atoms with van der Waals surface area (Å²) in [4.78, 5) is 16.5. The molecular weight excluding hydrogens is 401 g/mol. The number of alkyl halides is 3. The summed E-state index contributed by atoms with van der Waals surface area (Å²) < 4.78 is 41.1. The van der Waals surface area contributed by atoms with Gasteiger partial charge in [-0.05, 0) is 47.9 Å². The van der Waals surface area contributed by atoms with Crippen molar-refractivity contribution in [3.8, 4) is 5.75 Å². The van der Waals surface area contributed by atoms with Crippen molar-refractivity contribution in [1.82, 2.24) is 4.98 Å². The lowest BCUT2D eigenvalue weighted by Crippen LogP contribution is -2.17. The van der Waals surface area contributed by atoms with Crippen LogP contribution in [0.15, 0.2) is 59.2 Å². The second-order valence-electron chi connectivity index (χ2n) is 5.05. The zero-order valence-corrected chi connectivity index (χ0v) is 14.1. The number of nitrogens with zero attached hydrogens (tertiary/aromatic N) is 1. The van der Waals surface area contributed by atoms with Gasteiger partial charge in [-0.2, -0.15) is 0 Å². The molecule has 128 valence electrons. The number of carbonyl (C=O) groups excluding carboxylic acids is 1. The number of rotatable bonds is 3. The van der Waals surface area contributed by atoms with Crippen molar-refractivity contribution in [1.29, 1.82) is 0 Å². The van der Waals surface area contributed by atoms with Crippen LogP contribution in [0.1, 0.15) is 10.5 Å². The Morgan fingerprint density at radius 2 is 1.80 bits per heavy atom. The number of benzene rings is 2. The Morgan fingerprint density at radius 3 is 2.48 bits per heavy atom. The van der Waals surface area contributed by atoms with E-state index in [1.165, 1.54) is 18.3 Å². The Bertz CT molecular complexity index is 927. The Hall–Kier alpha value is -2.61. The lowest BCUT2D eigenvalue weighted by molar-refractivity contribution is -0.274. The highest BCUT2D eigenvalue weighted by Crippen LogP contribution is 2.25. The standard InChI is InChI=1S/C17H10BrF3N2O2/c18-11-1-6-14-10(9-11)7-8-22-15(14)16(24)23-12-2-4-13(5-3-12)25-17(19,20)21/h1-9H,(H,23,24). The first-order chi connectivity index (χ1) is 11.8. The van der Waals surface area contributed by atoms with Crippen molar-refractivity contribution in [2.45, 2.75) is 6.36 Å². The summed E-state index contributed by atoms with van der Waals surface area (Å²) in [5.41, 5.74) is 0.552. The second-order valence-corrected chi connectivity index (χ2v) is 5.97. The Morgan fingerprint density at radius 1 is 1.08 bits per heavy atom. The van der Waals surface area contributed by atoms with Crippen LogP contribution in [0.2, 0.25) is 0 Å². The van der Waals surface area contributed by atoms with Gasteiger partial charge in [-0.3, -0.25) is 9.78 Å². The van der Waals surface area contributed by atoms with Gasteiger partial charge in [0.2, 0.25) is 0 Å². The zero-order chi connectivity index (χ0) is 18.0. The Kier molecular flexibility index (Phi) is 4.63. The first kappa shape index (κ1) is 17.2. The molecule has 0 aliphatic carbocycles. The number of ether oxygens (including phenoxy) is 1. The predicted octanol–water partition coefficient (Wildman–Crippen LogP) is 5.15. The van der Waals surface area contributed by atoms with Crippen LogP contribution in [0.25, 0.3) is 10.8 Å². The van der Waals surface area contributed by atoms with E-state index in [0.717, 1.165) is 22.0 Å². The molecule has 0 aliphatic rings. The van der Waals surface area contributed by atoms with Gasteiger partial charge < -0.3 is 10.1 Å². The number of amides is 1. The van der Waals surface area contributed by atoms with Crippen molar-refractivity contribution in [3.05, 3.63) is 64.9 Å². The van der Waals surface area contributed by atoms with Crippen molar-refractivity contribution < 1.29 is 22.7 Å². The van der Waals surface area contributed by atoms with E-state index in [0.29, 0.717) is 11.1 Å². The summed E-state index contributed by atoms with van der Waals surface area (Å²) in [5, 5.41) is 4.11. The number of carbonyl (C=O) groups is 1. The van der Waals surface area contributed by atoms with Crippen molar-refractivity contribution in [2.24, 2.45) is 0 Å². The van der Waals surface area contributed by atoms with Gasteiger partial charge in [0.25, 0.3) is 5.91 Å². The molecule has 0 atom stereocenters. The summed E-state index contributed by atoms with van der Waals surface area (Å²) in [6.45, 7) is 0. The number of pyridine rings is 1. The van der Waals surface area contributed by atoms with Crippen LogP contribution < -0.4 is 10.1 Å². The van der Waals surface area contributed by atoms with E-state index in [2.05, 4.69) is 31.0 Å². The van der Waals surface area contributed by atoms with Gasteiger partial charge in [-0.1, -0.05) is 22.0 Å². The number of hydrogen-bond donors (Lipinski definition) is 1. The SMILES string of the molecule is O=C(Nc1ccc(OC(F)(F)F)cc1)c1nccc2cc(Br)ccc12. The highest BCUT2D eigenvalue weighted by Gasteiger charge is 2.31. The molecular formula is C17H10BrF3N2O2. The third-order valence-electron chi connectivity index (χ3n) is 3.29. The van der Waals surface area contributed by atoms with Gasteiger partial charge in [-0.15, -0.1) is 13.2 Å². The highest BCUT2D eigenvalue weighted by molar-refractivity contribution is 9.10. The van der Waals surface area contributed by atoms with Gasteiger partial charge in [0.05, 0.1) is 0 Å². The highest BCUT2D eigenvalue weighted by atomic mass is 79.9. The van der Waals surface area contributed by atoms with Gasteiger partial charge in [-0.25, -0.2) is 0 Å². The molecule has 2 aromatic carbocycles.